The van der Waals surface area contributed by atoms with Gasteiger partial charge in [0.1, 0.15) is 17.7 Å². The van der Waals surface area contributed by atoms with Gasteiger partial charge >= 0.3 is 17.8 Å². The average molecular weight is 373 g/mol. The van der Waals surface area contributed by atoms with E-state index in [1.165, 1.54) is 14.2 Å². The van der Waals surface area contributed by atoms with Crippen molar-refractivity contribution in [1.29, 1.82) is 0 Å². The van der Waals surface area contributed by atoms with Gasteiger partial charge in [-0.3, -0.25) is 4.79 Å². The van der Waals surface area contributed by atoms with E-state index in [0.29, 0.717) is 22.6 Å². The van der Waals surface area contributed by atoms with Gasteiger partial charge in [0.15, 0.2) is 0 Å². The standard InChI is InChI=1S/C17H18F3NO5/c1-24-9-4-5-10(25-2)13-11(9)7-6-8(18)12(13)14(7)21-15(22)17(19,20)16(23)26-3/h4-5,7-8,12,14H,6H2,1-3H3,(H,21,22). The second kappa shape index (κ2) is 6.37. The van der Waals surface area contributed by atoms with E-state index in [-0.39, 0.29) is 6.42 Å². The Morgan fingerprint density at radius 1 is 1.12 bits per heavy atom. The highest BCUT2D eigenvalue weighted by Crippen LogP contribution is 2.59. The van der Waals surface area contributed by atoms with Crippen molar-refractivity contribution >= 4 is 11.9 Å². The molecule has 2 aliphatic rings. The third-order valence-electron chi connectivity index (χ3n) is 5.06. The molecule has 0 heterocycles. The summed E-state index contributed by atoms with van der Waals surface area (Å²) in [5.41, 5.74) is 1.14. The van der Waals surface area contributed by atoms with Gasteiger partial charge in [-0.2, -0.15) is 8.78 Å². The Morgan fingerprint density at radius 3 is 2.23 bits per heavy atom. The van der Waals surface area contributed by atoms with Crippen LogP contribution >= 0.6 is 0 Å². The number of hydrogen-bond donors (Lipinski definition) is 1. The lowest BCUT2D eigenvalue weighted by atomic mass is 9.89. The lowest BCUT2D eigenvalue weighted by Gasteiger charge is -2.22. The molecule has 2 aliphatic carbocycles. The van der Waals surface area contributed by atoms with Crippen LogP contribution in [0.25, 0.3) is 0 Å². The van der Waals surface area contributed by atoms with Crippen LogP contribution in [0.5, 0.6) is 11.5 Å². The molecule has 142 valence electrons. The number of fused-ring (bicyclic) bond motifs is 5. The van der Waals surface area contributed by atoms with Gasteiger partial charge in [-0.05, 0) is 18.6 Å². The first-order valence-electron chi connectivity index (χ1n) is 7.93. The summed E-state index contributed by atoms with van der Waals surface area (Å²) in [6, 6.07) is 2.31. The number of benzene rings is 1. The van der Waals surface area contributed by atoms with E-state index in [4.69, 9.17) is 9.47 Å². The Morgan fingerprint density at radius 2 is 1.69 bits per heavy atom. The maximum atomic E-state index is 14.5. The Kier molecular flexibility index (Phi) is 4.49. The fraction of sp³-hybridized carbons (Fsp3) is 0.529. The van der Waals surface area contributed by atoms with E-state index in [1.807, 2.05) is 0 Å². The third kappa shape index (κ3) is 2.48. The molecule has 1 aromatic carbocycles. The molecule has 6 nitrogen and oxygen atoms in total. The number of nitrogens with one attached hydrogen (secondary N) is 1. The van der Waals surface area contributed by atoms with Crippen molar-refractivity contribution in [3.8, 4) is 11.5 Å². The fourth-order valence-electron chi connectivity index (χ4n) is 4.00. The highest BCUT2D eigenvalue weighted by atomic mass is 19.3. The van der Waals surface area contributed by atoms with E-state index in [1.54, 1.807) is 12.1 Å². The molecule has 1 N–H and O–H groups in total. The van der Waals surface area contributed by atoms with E-state index >= 15 is 0 Å². The summed E-state index contributed by atoms with van der Waals surface area (Å²) >= 11 is 0. The van der Waals surface area contributed by atoms with Crippen molar-refractivity contribution in [2.75, 3.05) is 21.3 Å². The van der Waals surface area contributed by atoms with Crippen molar-refractivity contribution in [2.24, 2.45) is 0 Å². The summed E-state index contributed by atoms with van der Waals surface area (Å²) in [7, 11) is 3.62. The molecule has 0 saturated heterocycles. The lowest BCUT2D eigenvalue weighted by Crippen LogP contribution is -2.51. The lowest BCUT2D eigenvalue weighted by molar-refractivity contribution is -0.175. The highest BCUT2D eigenvalue weighted by molar-refractivity contribution is 6.04. The zero-order valence-electron chi connectivity index (χ0n) is 14.3. The van der Waals surface area contributed by atoms with Crippen molar-refractivity contribution in [1.82, 2.24) is 5.32 Å². The zero-order chi connectivity index (χ0) is 19.2. The van der Waals surface area contributed by atoms with Crippen LogP contribution in [-0.4, -0.2) is 51.3 Å². The highest BCUT2D eigenvalue weighted by Gasteiger charge is 2.58. The van der Waals surface area contributed by atoms with E-state index < -0.39 is 41.8 Å². The molecule has 2 bridgehead atoms. The van der Waals surface area contributed by atoms with E-state index in [9.17, 15) is 22.8 Å². The number of rotatable bonds is 5. The molecule has 0 radical (unpaired) electrons. The van der Waals surface area contributed by atoms with Gasteiger partial charge in [-0.15, -0.1) is 0 Å². The molecule has 4 unspecified atom stereocenters. The summed E-state index contributed by atoms with van der Waals surface area (Å²) in [5, 5.41) is 2.14. The Hall–Kier alpha value is -2.45. The first-order chi connectivity index (χ1) is 12.3. The maximum Gasteiger partial charge on any atom is 0.418 e. The summed E-state index contributed by atoms with van der Waals surface area (Å²) in [6.45, 7) is 0. The van der Waals surface area contributed by atoms with Gasteiger partial charge in [-0.25, -0.2) is 9.18 Å². The average Bonchev–Trinajstić information content (AvgIpc) is 3.10. The largest absolute Gasteiger partial charge is 0.496 e. The smallest absolute Gasteiger partial charge is 0.418 e. The molecule has 0 spiro atoms. The predicted molar refractivity (Wildman–Crippen MR) is 83.4 cm³/mol. The van der Waals surface area contributed by atoms with Crippen LogP contribution in [0.15, 0.2) is 12.1 Å². The molecule has 0 aromatic heterocycles. The number of carbonyl (C=O) groups is 2. The maximum absolute atomic E-state index is 14.5. The van der Waals surface area contributed by atoms with Crippen LogP contribution in [0.4, 0.5) is 13.2 Å². The summed E-state index contributed by atoms with van der Waals surface area (Å²) in [4.78, 5) is 23.1. The Bertz CT molecular complexity index is 754. The first-order valence-corrected chi connectivity index (χ1v) is 7.93. The third-order valence-corrected chi connectivity index (χ3v) is 5.06. The minimum atomic E-state index is -4.36. The van der Waals surface area contributed by atoms with Gasteiger partial charge in [0.25, 0.3) is 0 Å². The molecule has 3 rings (SSSR count). The van der Waals surface area contributed by atoms with Crippen LogP contribution in [0.3, 0.4) is 0 Å². The Labute approximate surface area is 147 Å². The van der Waals surface area contributed by atoms with Crippen LogP contribution in [0.2, 0.25) is 0 Å². The topological polar surface area (TPSA) is 73.9 Å². The molecular weight excluding hydrogens is 355 g/mol. The molecule has 26 heavy (non-hydrogen) atoms. The minimum absolute atomic E-state index is 0.0515. The number of methoxy groups -OCH3 is 3. The zero-order valence-corrected chi connectivity index (χ0v) is 14.3. The normalized spacial score (nSPS) is 26.2. The van der Waals surface area contributed by atoms with Crippen molar-refractivity contribution in [2.45, 2.75) is 36.4 Å². The predicted octanol–water partition coefficient (Wildman–Crippen LogP) is 1.92. The van der Waals surface area contributed by atoms with Crippen LogP contribution in [0.1, 0.15) is 29.4 Å². The second-order valence-electron chi connectivity index (χ2n) is 6.25. The number of halogens is 3. The number of carbonyl (C=O) groups excluding carboxylic acids is 2. The molecule has 4 atom stereocenters. The number of hydrogen-bond acceptors (Lipinski definition) is 5. The quantitative estimate of drug-likeness (QED) is 0.631. The molecule has 1 amide bonds. The van der Waals surface area contributed by atoms with Crippen molar-refractivity contribution < 1.29 is 37.0 Å². The Balaban J connectivity index is 1.97. The van der Waals surface area contributed by atoms with Crippen LogP contribution in [-0.2, 0) is 14.3 Å². The second-order valence-corrected chi connectivity index (χ2v) is 6.25. The van der Waals surface area contributed by atoms with Crippen LogP contribution in [0, 0.1) is 0 Å². The van der Waals surface area contributed by atoms with Gasteiger partial charge in [0, 0.05) is 29.0 Å². The van der Waals surface area contributed by atoms with Gasteiger partial charge in [0.2, 0.25) is 0 Å². The number of alkyl halides is 3. The van der Waals surface area contributed by atoms with E-state index in [2.05, 4.69) is 10.1 Å². The number of amides is 1. The first kappa shape index (κ1) is 18.3. The van der Waals surface area contributed by atoms with Crippen molar-refractivity contribution in [3.05, 3.63) is 23.3 Å². The SMILES string of the molecule is COC(=O)C(F)(F)C(=O)NC1C2CC(F)C1c1c(OC)ccc(OC)c12. The summed E-state index contributed by atoms with van der Waals surface area (Å²) in [5.74, 6) is -8.70. The molecule has 1 saturated carbocycles. The molecule has 1 fully saturated rings. The van der Waals surface area contributed by atoms with Crippen LogP contribution < -0.4 is 14.8 Å². The monoisotopic (exact) mass is 373 g/mol. The minimum Gasteiger partial charge on any atom is -0.496 e. The van der Waals surface area contributed by atoms with Gasteiger partial charge < -0.3 is 19.5 Å². The molecular formula is C17H18F3NO5. The molecule has 1 aromatic rings. The van der Waals surface area contributed by atoms with Gasteiger partial charge in [0.05, 0.1) is 21.3 Å². The van der Waals surface area contributed by atoms with Crippen molar-refractivity contribution in [3.63, 3.8) is 0 Å². The molecule has 9 heteroatoms. The summed E-state index contributed by atoms with van der Waals surface area (Å²) < 4.78 is 56.7. The number of esters is 1. The number of ether oxygens (including phenoxy) is 3. The van der Waals surface area contributed by atoms with E-state index in [0.717, 1.165) is 7.11 Å². The summed E-state index contributed by atoms with van der Waals surface area (Å²) in [6.07, 6.45) is -1.29. The van der Waals surface area contributed by atoms with Gasteiger partial charge in [-0.1, -0.05) is 0 Å². The molecule has 0 aliphatic heterocycles. The fourth-order valence-corrected chi connectivity index (χ4v) is 4.00.